The Bertz CT molecular complexity index is 163. The van der Waals surface area contributed by atoms with Crippen LogP contribution in [-0.2, 0) is 4.74 Å². The molecular formula is C11H24N2O. The second kappa shape index (κ2) is 5.10. The van der Waals surface area contributed by atoms with E-state index in [1.54, 1.807) is 7.11 Å². The van der Waals surface area contributed by atoms with Crippen molar-refractivity contribution in [1.29, 1.82) is 0 Å². The van der Waals surface area contributed by atoms with Gasteiger partial charge in [-0.2, -0.15) is 0 Å². The van der Waals surface area contributed by atoms with E-state index in [0.717, 1.165) is 19.7 Å². The minimum atomic E-state index is -0.0744. The van der Waals surface area contributed by atoms with Crippen molar-refractivity contribution < 1.29 is 4.74 Å². The van der Waals surface area contributed by atoms with Crippen LogP contribution in [0.5, 0.6) is 0 Å². The van der Waals surface area contributed by atoms with Gasteiger partial charge in [-0.15, -0.1) is 0 Å². The third-order valence-electron chi connectivity index (χ3n) is 2.64. The predicted octanol–water partition coefficient (Wildman–Crippen LogP) is 1.08. The van der Waals surface area contributed by atoms with Crippen LogP contribution in [0.15, 0.2) is 0 Å². The molecule has 0 aliphatic carbocycles. The topological polar surface area (TPSA) is 38.5 Å². The van der Waals surface area contributed by atoms with Crippen LogP contribution in [0.2, 0.25) is 0 Å². The van der Waals surface area contributed by atoms with Gasteiger partial charge < -0.3 is 15.4 Å². The van der Waals surface area contributed by atoms with E-state index in [-0.39, 0.29) is 5.54 Å². The van der Waals surface area contributed by atoms with Gasteiger partial charge in [0.25, 0.3) is 0 Å². The maximum Gasteiger partial charge on any atom is 0.0502 e. The quantitative estimate of drug-likeness (QED) is 0.738. The van der Waals surface area contributed by atoms with Crippen molar-refractivity contribution in [3.05, 3.63) is 0 Å². The number of piperidine rings is 1. The lowest BCUT2D eigenvalue weighted by Gasteiger charge is -2.36. The SMILES string of the molecule is COCC1CCCN(CC(C)(C)N)C1. The zero-order valence-electron chi connectivity index (χ0n) is 9.75. The number of nitrogens with two attached hydrogens (primary N) is 1. The van der Waals surface area contributed by atoms with Crippen molar-refractivity contribution in [3.8, 4) is 0 Å². The average molecular weight is 200 g/mol. The van der Waals surface area contributed by atoms with Crippen molar-refractivity contribution in [2.24, 2.45) is 11.7 Å². The van der Waals surface area contributed by atoms with Gasteiger partial charge >= 0.3 is 0 Å². The Kier molecular flexibility index (Phi) is 4.35. The average Bonchev–Trinajstić information content (AvgIpc) is 2.02. The molecule has 0 saturated carbocycles. The van der Waals surface area contributed by atoms with E-state index in [4.69, 9.17) is 10.5 Å². The van der Waals surface area contributed by atoms with Crippen LogP contribution in [0.25, 0.3) is 0 Å². The Morgan fingerprint density at radius 1 is 1.50 bits per heavy atom. The van der Waals surface area contributed by atoms with Crippen LogP contribution < -0.4 is 5.73 Å². The molecule has 1 atom stereocenters. The van der Waals surface area contributed by atoms with E-state index in [1.807, 2.05) is 0 Å². The number of ether oxygens (including phenoxy) is 1. The van der Waals surface area contributed by atoms with Gasteiger partial charge in [-0.3, -0.25) is 0 Å². The van der Waals surface area contributed by atoms with Crippen molar-refractivity contribution in [1.82, 2.24) is 4.90 Å². The predicted molar refractivity (Wildman–Crippen MR) is 59.3 cm³/mol. The molecular weight excluding hydrogens is 176 g/mol. The maximum absolute atomic E-state index is 6.01. The summed E-state index contributed by atoms with van der Waals surface area (Å²) >= 11 is 0. The molecule has 3 nitrogen and oxygen atoms in total. The molecule has 1 unspecified atom stereocenters. The lowest BCUT2D eigenvalue weighted by molar-refractivity contribution is 0.0820. The zero-order chi connectivity index (χ0) is 10.6. The highest BCUT2D eigenvalue weighted by Gasteiger charge is 2.23. The molecule has 1 aliphatic heterocycles. The normalized spacial score (nSPS) is 25.3. The lowest BCUT2D eigenvalue weighted by atomic mass is 9.97. The second-order valence-corrected chi connectivity index (χ2v) is 5.19. The van der Waals surface area contributed by atoms with Gasteiger partial charge in [0, 0.05) is 25.7 Å². The summed E-state index contributed by atoms with van der Waals surface area (Å²) in [6.45, 7) is 8.41. The molecule has 1 rings (SSSR count). The van der Waals surface area contributed by atoms with Crippen molar-refractivity contribution in [2.75, 3.05) is 33.4 Å². The molecule has 0 spiro atoms. The standard InChI is InChI=1S/C11H24N2O/c1-11(2,12)9-13-6-4-5-10(7-13)8-14-3/h10H,4-9,12H2,1-3H3. The van der Waals surface area contributed by atoms with Crippen molar-refractivity contribution >= 4 is 0 Å². The molecule has 1 heterocycles. The van der Waals surface area contributed by atoms with Gasteiger partial charge in [0.15, 0.2) is 0 Å². The third-order valence-corrected chi connectivity index (χ3v) is 2.64. The number of methoxy groups -OCH3 is 1. The highest BCUT2D eigenvalue weighted by molar-refractivity contribution is 4.81. The molecule has 0 aromatic heterocycles. The molecule has 1 saturated heterocycles. The molecule has 2 N–H and O–H groups in total. The first-order valence-corrected chi connectivity index (χ1v) is 5.51. The summed E-state index contributed by atoms with van der Waals surface area (Å²) in [7, 11) is 1.78. The molecule has 1 fully saturated rings. The monoisotopic (exact) mass is 200 g/mol. The fraction of sp³-hybridized carbons (Fsp3) is 1.00. The molecule has 84 valence electrons. The van der Waals surface area contributed by atoms with Crippen LogP contribution in [0.1, 0.15) is 26.7 Å². The third kappa shape index (κ3) is 4.40. The highest BCUT2D eigenvalue weighted by atomic mass is 16.5. The number of hydrogen-bond donors (Lipinski definition) is 1. The minimum Gasteiger partial charge on any atom is -0.384 e. The number of hydrogen-bond acceptors (Lipinski definition) is 3. The van der Waals surface area contributed by atoms with E-state index in [2.05, 4.69) is 18.7 Å². The van der Waals surface area contributed by atoms with Gasteiger partial charge in [0.2, 0.25) is 0 Å². The van der Waals surface area contributed by atoms with Crippen LogP contribution in [0.3, 0.4) is 0 Å². The van der Waals surface area contributed by atoms with E-state index < -0.39 is 0 Å². The Morgan fingerprint density at radius 2 is 2.21 bits per heavy atom. The Hall–Kier alpha value is -0.120. The molecule has 0 aromatic rings. The first kappa shape index (κ1) is 12.0. The first-order chi connectivity index (χ1) is 6.51. The van der Waals surface area contributed by atoms with Crippen LogP contribution >= 0.6 is 0 Å². The van der Waals surface area contributed by atoms with Crippen molar-refractivity contribution in [2.45, 2.75) is 32.2 Å². The second-order valence-electron chi connectivity index (χ2n) is 5.19. The molecule has 14 heavy (non-hydrogen) atoms. The largest absolute Gasteiger partial charge is 0.384 e. The van der Waals surface area contributed by atoms with E-state index in [0.29, 0.717) is 5.92 Å². The summed E-state index contributed by atoms with van der Waals surface area (Å²) < 4.78 is 5.20. The minimum absolute atomic E-state index is 0.0744. The summed E-state index contributed by atoms with van der Waals surface area (Å²) in [5.41, 5.74) is 5.94. The maximum atomic E-state index is 6.01. The Labute approximate surface area is 87.6 Å². The van der Waals surface area contributed by atoms with Crippen LogP contribution in [0, 0.1) is 5.92 Å². The molecule has 0 aromatic carbocycles. The zero-order valence-corrected chi connectivity index (χ0v) is 9.75. The number of nitrogens with zero attached hydrogens (tertiary/aromatic N) is 1. The summed E-state index contributed by atoms with van der Waals surface area (Å²) in [4.78, 5) is 2.47. The first-order valence-electron chi connectivity index (χ1n) is 5.51. The smallest absolute Gasteiger partial charge is 0.0502 e. The molecule has 1 aliphatic rings. The molecule has 0 bridgehead atoms. The van der Waals surface area contributed by atoms with Crippen molar-refractivity contribution in [3.63, 3.8) is 0 Å². The van der Waals surface area contributed by atoms with E-state index in [9.17, 15) is 0 Å². The van der Waals surface area contributed by atoms with Gasteiger partial charge in [-0.05, 0) is 39.2 Å². The molecule has 3 heteroatoms. The Balaban J connectivity index is 2.32. The molecule has 0 radical (unpaired) electrons. The molecule has 0 amide bonds. The fourth-order valence-corrected chi connectivity index (χ4v) is 2.24. The van der Waals surface area contributed by atoms with Gasteiger partial charge in [0.1, 0.15) is 0 Å². The summed E-state index contributed by atoms with van der Waals surface area (Å²) in [6, 6.07) is 0. The fourth-order valence-electron chi connectivity index (χ4n) is 2.24. The highest BCUT2D eigenvalue weighted by Crippen LogP contribution is 2.17. The Morgan fingerprint density at radius 3 is 2.79 bits per heavy atom. The number of rotatable bonds is 4. The van der Waals surface area contributed by atoms with Crippen LogP contribution in [0.4, 0.5) is 0 Å². The van der Waals surface area contributed by atoms with Gasteiger partial charge in [-0.1, -0.05) is 0 Å². The van der Waals surface area contributed by atoms with E-state index >= 15 is 0 Å². The lowest BCUT2D eigenvalue weighted by Crippen LogP contribution is -2.49. The van der Waals surface area contributed by atoms with Crippen LogP contribution in [-0.4, -0.2) is 43.8 Å². The summed E-state index contributed by atoms with van der Waals surface area (Å²) in [5.74, 6) is 0.705. The summed E-state index contributed by atoms with van der Waals surface area (Å²) in [6.07, 6.45) is 2.58. The summed E-state index contributed by atoms with van der Waals surface area (Å²) in [5, 5.41) is 0. The van der Waals surface area contributed by atoms with E-state index in [1.165, 1.54) is 19.4 Å². The van der Waals surface area contributed by atoms with Gasteiger partial charge in [-0.25, -0.2) is 0 Å². The van der Waals surface area contributed by atoms with Gasteiger partial charge in [0.05, 0.1) is 6.61 Å². The number of likely N-dealkylation sites (tertiary alicyclic amines) is 1.